The van der Waals surface area contributed by atoms with Crippen LogP contribution >= 0.6 is 0 Å². The molecule has 0 aromatic heterocycles. The van der Waals surface area contributed by atoms with Gasteiger partial charge in [0.1, 0.15) is 18.1 Å². The predicted octanol–water partition coefficient (Wildman–Crippen LogP) is -0.584. The zero-order valence-corrected chi connectivity index (χ0v) is 14.0. The zero-order chi connectivity index (χ0) is 17.7. The van der Waals surface area contributed by atoms with Crippen molar-refractivity contribution in [2.24, 2.45) is 5.73 Å². The van der Waals surface area contributed by atoms with Gasteiger partial charge in [0.15, 0.2) is 0 Å². The highest BCUT2D eigenvalue weighted by atomic mass is 16.2. The normalized spacial score (nSPS) is 25.0. The highest BCUT2D eigenvalue weighted by Crippen LogP contribution is 2.19. The number of amides is 4. The van der Waals surface area contributed by atoms with Gasteiger partial charge in [-0.15, -0.1) is 0 Å². The molecule has 0 aliphatic carbocycles. The minimum absolute atomic E-state index is 0.145. The van der Waals surface area contributed by atoms with Gasteiger partial charge >= 0.3 is 0 Å². The summed E-state index contributed by atoms with van der Waals surface area (Å²) in [5.74, 6) is -1.27. The summed E-state index contributed by atoms with van der Waals surface area (Å²) in [5, 5.41) is 5.40. The molecule has 4 amide bonds. The molecule has 2 aliphatic heterocycles. The van der Waals surface area contributed by atoms with E-state index in [-0.39, 0.29) is 17.7 Å². The minimum Gasteiger partial charge on any atom is -0.368 e. The molecule has 2 heterocycles. The summed E-state index contributed by atoms with van der Waals surface area (Å²) in [6.07, 6.45) is 4.13. The van der Waals surface area contributed by atoms with E-state index < -0.39 is 24.0 Å². The maximum Gasteiger partial charge on any atom is 0.245 e. The molecule has 0 spiro atoms. The standard InChI is InChI=1S/C16H26N4O4/c1-2-5-11(16(24)20-9-4-7-12(20)14(17)22)19-15(23)10-6-3-8-13(21)18-10/h10-12H,2-9H2,1H3,(H2,17,22)(H,18,21)(H,19,23)/t10-,11-,12-/m0/s1. The van der Waals surface area contributed by atoms with E-state index in [1.54, 1.807) is 0 Å². The number of piperidine rings is 1. The van der Waals surface area contributed by atoms with Crippen molar-refractivity contribution in [2.75, 3.05) is 6.54 Å². The molecule has 2 aliphatic rings. The van der Waals surface area contributed by atoms with Crippen molar-refractivity contribution in [2.45, 2.75) is 70.0 Å². The van der Waals surface area contributed by atoms with Crippen molar-refractivity contribution < 1.29 is 19.2 Å². The molecule has 24 heavy (non-hydrogen) atoms. The molecule has 2 rings (SSSR count). The van der Waals surface area contributed by atoms with Gasteiger partial charge in [-0.3, -0.25) is 19.2 Å². The number of nitrogens with two attached hydrogens (primary N) is 1. The lowest BCUT2D eigenvalue weighted by Gasteiger charge is -2.29. The van der Waals surface area contributed by atoms with Crippen LogP contribution in [-0.4, -0.2) is 53.2 Å². The molecule has 0 bridgehead atoms. The first-order chi connectivity index (χ1) is 11.4. The van der Waals surface area contributed by atoms with Gasteiger partial charge < -0.3 is 21.3 Å². The Balaban J connectivity index is 2.02. The second kappa shape index (κ2) is 8.12. The van der Waals surface area contributed by atoms with Crippen molar-refractivity contribution >= 4 is 23.6 Å². The van der Waals surface area contributed by atoms with Crippen LogP contribution in [-0.2, 0) is 19.2 Å². The average molecular weight is 338 g/mol. The van der Waals surface area contributed by atoms with E-state index in [4.69, 9.17) is 5.73 Å². The van der Waals surface area contributed by atoms with Crippen molar-refractivity contribution in [3.63, 3.8) is 0 Å². The minimum atomic E-state index is -0.693. The lowest BCUT2D eigenvalue weighted by Crippen LogP contribution is -2.56. The summed E-state index contributed by atoms with van der Waals surface area (Å²) < 4.78 is 0. The van der Waals surface area contributed by atoms with Gasteiger partial charge in [0.05, 0.1) is 0 Å². The van der Waals surface area contributed by atoms with E-state index in [0.717, 1.165) is 6.42 Å². The van der Waals surface area contributed by atoms with Gasteiger partial charge in [-0.2, -0.15) is 0 Å². The fourth-order valence-electron chi connectivity index (χ4n) is 3.35. The predicted molar refractivity (Wildman–Crippen MR) is 86.5 cm³/mol. The third-order valence-corrected chi connectivity index (χ3v) is 4.60. The highest BCUT2D eigenvalue weighted by molar-refractivity contribution is 5.94. The molecule has 0 saturated carbocycles. The van der Waals surface area contributed by atoms with Crippen LogP contribution in [0.3, 0.4) is 0 Å². The average Bonchev–Trinajstić information content (AvgIpc) is 3.03. The first-order valence-corrected chi connectivity index (χ1v) is 8.63. The van der Waals surface area contributed by atoms with Crippen LogP contribution in [0, 0.1) is 0 Å². The van der Waals surface area contributed by atoms with Crippen LogP contribution in [0.2, 0.25) is 0 Å². The molecular formula is C16H26N4O4. The van der Waals surface area contributed by atoms with Crippen LogP contribution in [0.25, 0.3) is 0 Å². The van der Waals surface area contributed by atoms with E-state index in [9.17, 15) is 19.2 Å². The van der Waals surface area contributed by atoms with Crippen LogP contribution in [0.1, 0.15) is 51.9 Å². The molecular weight excluding hydrogens is 312 g/mol. The number of likely N-dealkylation sites (tertiary alicyclic amines) is 1. The van der Waals surface area contributed by atoms with Gasteiger partial charge in [-0.1, -0.05) is 13.3 Å². The lowest BCUT2D eigenvalue weighted by molar-refractivity contribution is -0.141. The molecule has 0 radical (unpaired) electrons. The van der Waals surface area contributed by atoms with Gasteiger partial charge in [-0.25, -0.2) is 0 Å². The Morgan fingerprint density at radius 1 is 1.33 bits per heavy atom. The van der Waals surface area contributed by atoms with Crippen molar-refractivity contribution in [1.29, 1.82) is 0 Å². The molecule has 3 atom stereocenters. The maximum atomic E-state index is 12.7. The molecule has 0 aromatic carbocycles. The second-order valence-corrected chi connectivity index (χ2v) is 6.45. The molecule has 2 fully saturated rings. The van der Waals surface area contributed by atoms with E-state index in [1.807, 2.05) is 6.92 Å². The summed E-state index contributed by atoms with van der Waals surface area (Å²) >= 11 is 0. The number of nitrogens with one attached hydrogen (secondary N) is 2. The summed E-state index contributed by atoms with van der Waals surface area (Å²) in [5.41, 5.74) is 5.37. The Morgan fingerprint density at radius 2 is 2.08 bits per heavy atom. The molecule has 8 nitrogen and oxygen atoms in total. The number of hydrogen-bond donors (Lipinski definition) is 3. The monoisotopic (exact) mass is 338 g/mol. The molecule has 134 valence electrons. The first kappa shape index (κ1) is 18.2. The molecule has 4 N–H and O–H groups in total. The Labute approximate surface area is 141 Å². The van der Waals surface area contributed by atoms with Gasteiger partial charge in [0.2, 0.25) is 23.6 Å². The van der Waals surface area contributed by atoms with Gasteiger partial charge in [-0.05, 0) is 32.1 Å². The Kier molecular flexibility index (Phi) is 6.16. The number of primary amides is 1. The fourth-order valence-corrected chi connectivity index (χ4v) is 3.35. The topological polar surface area (TPSA) is 122 Å². The molecule has 0 unspecified atom stereocenters. The number of hydrogen-bond acceptors (Lipinski definition) is 4. The SMILES string of the molecule is CCC[C@H](NC(=O)[C@@H]1CCCC(=O)N1)C(=O)N1CCC[C@H]1C(N)=O. The third kappa shape index (κ3) is 4.24. The Bertz CT molecular complexity index is 522. The summed E-state index contributed by atoms with van der Waals surface area (Å²) in [7, 11) is 0. The third-order valence-electron chi connectivity index (χ3n) is 4.60. The zero-order valence-electron chi connectivity index (χ0n) is 14.0. The molecule has 0 aromatic rings. The van der Waals surface area contributed by atoms with E-state index >= 15 is 0 Å². The first-order valence-electron chi connectivity index (χ1n) is 8.63. The summed E-state index contributed by atoms with van der Waals surface area (Å²) in [4.78, 5) is 49.5. The maximum absolute atomic E-state index is 12.7. The molecule has 8 heteroatoms. The Morgan fingerprint density at radius 3 is 2.71 bits per heavy atom. The fraction of sp³-hybridized carbons (Fsp3) is 0.750. The van der Waals surface area contributed by atoms with Crippen molar-refractivity contribution in [3.8, 4) is 0 Å². The van der Waals surface area contributed by atoms with Crippen LogP contribution in [0.5, 0.6) is 0 Å². The number of nitrogens with zero attached hydrogens (tertiary/aromatic N) is 1. The van der Waals surface area contributed by atoms with Gasteiger partial charge in [0, 0.05) is 13.0 Å². The largest absolute Gasteiger partial charge is 0.368 e. The molecule has 2 saturated heterocycles. The van der Waals surface area contributed by atoms with Crippen LogP contribution < -0.4 is 16.4 Å². The van der Waals surface area contributed by atoms with Gasteiger partial charge in [0.25, 0.3) is 0 Å². The number of rotatable bonds is 6. The van der Waals surface area contributed by atoms with Crippen LogP contribution in [0.15, 0.2) is 0 Å². The van der Waals surface area contributed by atoms with E-state index in [1.165, 1.54) is 4.90 Å². The van der Waals surface area contributed by atoms with Crippen molar-refractivity contribution in [3.05, 3.63) is 0 Å². The Hall–Kier alpha value is -2.12. The van der Waals surface area contributed by atoms with E-state index in [0.29, 0.717) is 45.1 Å². The smallest absolute Gasteiger partial charge is 0.245 e. The summed E-state index contributed by atoms with van der Waals surface area (Å²) in [6, 6.07) is -1.88. The number of carbonyl (C=O) groups is 4. The van der Waals surface area contributed by atoms with Crippen molar-refractivity contribution in [1.82, 2.24) is 15.5 Å². The number of carbonyl (C=O) groups excluding carboxylic acids is 4. The second-order valence-electron chi connectivity index (χ2n) is 6.45. The summed E-state index contributed by atoms with van der Waals surface area (Å²) in [6.45, 7) is 2.40. The van der Waals surface area contributed by atoms with E-state index in [2.05, 4.69) is 10.6 Å². The quantitative estimate of drug-likeness (QED) is 0.599. The van der Waals surface area contributed by atoms with Crippen LogP contribution in [0.4, 0.5) is 0 Å². The highest BCUT2D eigenvalue weighted by Gasteiger charge is 2.37. The lowest BCUT2D eigenvalue weighted by atomic mass is 10.0.